The van der Waals surface area contributed by atoms with Crippen LogP contribution in [0, 0.1) is 6.92 Å². The zero-order chi connectivity index (χ0) is 19.7. The van der Waals surface area contributed by atoms with E-state index in [1.165, 1.54) is 4.90 Å². The van der Waals surface area contributed by atoms with Crippen molar-refractivity contribution < 1.29 is 19.1 Å². The predicted molar refractivity (Wildman–Crippen MR) is 106 cm³/mol. The maximum Gasteiger partial charge on any atom is 0.278 e. The second kappa shape index (κ2) is 7.38. The summed E-state index contributed by atoms with van der Waals surface area (Å²) in [6, 6.07) is 13.0. The molecule has 1 N–H and O–H groups in total. The average molecular weight is 378 g/mol. The number of unbranched alkanes of at least 4 members (excludes halogenated alkanes) is 1. The van der Waals surface area contributed by atoms with E-state index >= 15 is 0 Å². The van der Waals surface area contributed by atoms with Crippen LogP contribution in [0.4, 0.5) is 5.69 Å². The van der Waals surface area contributed by atoms with E-state index in [1.807, 2.05) is 38.1 Å². The Bertz CT molecular complexity index is 963. The minimum atomic E-state index is -0.299. The van der Waals surface area contributed by atoms with Crippen molar-refractivity contribution in [1.82, 2.24) is 4.90 Å². The molecule has 6 nitrogen and oxygen atoms in total. The molecule has 0 saturated carbocycles. The van der Waals surface area contributed by atoms with E-state index in [0.29, 0.717) is 35.0 Å². The number of nitrogens with zero attached hydrogens (tertiary/aromatic N) is 1. The van der Waals surface area contributed by atoms with Gasteiger partial charge < -0.3 is 14.8 Å². The van der Waals surface area contributed by atoms with E-state index < -0.39 is 0 Å². The second-order valence-corrected chi connectivity index (χ2v) is 6.92. The van der Waals surface area contributed by atoms with Crippen molar-refractivity contribution in [3.8, 4) is 11.5 Å². The lowest BCUT2D eigenvalue weighted by Crippen LogP contribution is -2.33. The molecular formula is C22H22N2O4. The highest BCUT2D eigenvalue weighted by molar-refractivity contribution is 6.36. The Hall–Kier alpha value is -3.28. The molecule has 144 valence electrons. The Morgan fingerprint density at radius 1 is 1.00 bits per heavy atom. The van der Waals surface area contributed by atoms with E-state index in [1.54, 1.807) is 18.2 Å². The molecule has 0 fully saturated rings. The largest absolute Gasteiger partial charge is 0.454 e. The summed E-state index contributed by atoms with van der Waals surface area (Å²) < 4.78 is 10.7. The topological polar surface area (TPSA) is 67.9 Å². The van der Waals surface area contributed by atoms with Gasteiger partial charge in [-0.3, -0.25) is 14.5 Å². The summed E-state index contributed by atoms with van der Waals surface area (Å²) in [5.41, 5.74) is 3.19. The summed E-state index contributed by atoms with van der Waals surface area (Å²) in [5.74, 6) is 0.719. The first-order valence-corrected chi connectivity index (χ1v) is 9.42. The smallest absolute Gasteiger partial charge is 0.278 e. The van der Waals surface area contributed by atoms with Gasteiger partial charge in [0.1, 0.15) is 5.70 Å². The number of rotatable bonds is 6. The minimum absolute atomic E-state index is 0.179. The Labute approximate surface area is 163 Å². The van der Waals surface area contributed by atoms with Gasteiger partial charge in [0, 0.05) is 18.3 Å². The van der Waals surface area contributed by atoms with Crippen LogP contribution in [0.3, 0.4) is 0 Å². The zero-order valence-corrected chi connectivity index (χ0v) is 16.0. The molecule has 6 heteroatoms. The summed E-state index contributed by atoms with van der Waals surface area (Å²) in [7, 11) is 0. The third kappa shape index (κ3) is 3.22. The molecule has 0 saturated heterocycles. The van der Waals surface area contributed by atoms with E-state index in [4.69, 9.17) is 9.47 Å². The van der Waals surface area contributed by atoms with Crippen LogP contribution in [0.15, 0.2) is 48.2 Å². The molecule has 2 aliphatic heterocycles. The van der Waals surface area contributed by atoms with Crippen LogP contribution in [-0.4, -0.2) is 30.1 Å². The first-order valence-electron chi connectivity index (χ1n) is 9.42. The SMILES string of the molecule is CCCCN1C(=O)C(Nc2ccc3c(c2)OCO3)=C(c2ccc(C)cc2)C1=O. The van der Waals surface area contributed by atoms with Crippen LogP contribution >= 0.6 is 0 Å². The molecule has 2 aliphatic rings. The number of amides is 2. The molecule has 0 spiro atoms. The van der Waals surface area contributed by atoms with Gasteiger partial charge in [-0.1, -0.05) is 43.2 Å². The van der Waals surface area contributed by atoms with Crippen molar-refractivity contribution in [3.63, 3.8) is 0 Å². The highest BCUT2D eigenvalue weighted by Crippen LogP contribution is 2.36. The van der Waals surface area contributed by atoms with Crippen molar-refractivity contribution in [3.05, 3.63) is 59.3 Å². The van der Waals surface area contributed by atoms with Crippen LogP contribution in [0.1, 0.15) is 30.9 Å². The summed E-state index contributed by atoms with van der Waals surface area (Å²) >= 11 is 0. The van der Waals surface area contributed by atoms with E-state index in [0.717, 1.165) is 24.0 Å². The Morgan fingerprint density at radius 2 is 1.75 bits per heavy atom. The maximum atomic E-state index is 13.1. The monoisotopic (exact) mass is 378 g/mol. The van der Waals surface area contributed by atoms with Crippen molar-refractivity contribution in [2.24, 2.45) is 0 Å². The first kappa shape index (κ1) is 18.1. The number of anilines is 1. The third-order valence-electron chi connectivity index (χ3n) is 4.89. The summed E-state index contributed by atoms with van der Waals surface area (Å²) in [6.45, 7) is 4.61. The lowest BCUT2D eigenvalue weighted by Gasteiger charge is -2.14. The number of ether oxygens (including phenoxy) is 2. The lowest BCUT2D eigenvalue weighted by atomic mass is 10.0. The molecule has 2 heterocycles. The van der Waals surface area contributed by atoms with Crippen LogP contribution in [0.2, 0.25) is 0 Å². The molecule has 0 atom stereocenters. The number of imide groups is 1. The average Bonchev–Trinajstić information content (AvgIpc) is 3.24. The van der Waals surface area contributed by atoms with Crippen molar-refractivity contribution in [2.75, 3.05) is 18.7 Å². The quantitative estimate of drug-likeness (QED) is 0.776. The van der Waals surface area contributed by atoms with Gasteiger partial charge in [-0.25, -0.2) is 0 Å². The fourth-order valence-electron chi connectivity index (χ4n) is 3.32. The zero-order valence-electron chi connectivity index (χ0n) is 16.0. The number of nitrogens with one attached hydrogen (secondary N) is 1. The van der Waals surface area contributed by atoms with Gasteiger partial charge in [0.25, 0.3) is 11.8 Å². The predicted octanol–water partition coefficient (Wildman–Crippen LogP) is 3.72. The highest BCUT2D eigenvalue weighted by Gasteiger charge is 2.38. The number of carbonyl (C=O) groups excluding carboxylic acids is 2. The second-order valence-electron chi connectivity index (χ2n) is 6.92. The number of benzene rings is 2. The molecule has 2 aromatic rings. The molecule has 4 rings (SSSR count). The molecule has 0 aliphatic carbocycles. The molecule has 0 unspecified atom stereocenters. The molecule has 2 amide bonds. The Kier molecular flexibility index (Phi) is 4.77. The highest BCUT2D eigenvalue weighted by atomic mass is 16.7. The van der Waals surface area contributed by atoms with Gasteiger partial charge in [0.15, 0.2) is 11.5 Å². The van der Waals surface area contributed by atoms with Crippen molar-refractivity contribution >= 4 is 23.1 Å². The van der Waals surface area contributed by atoms with Gasteiger partial charge in [-0.05, 0) is 31.0 Å². The Morgan fingerprint density at radius 3 is 2.50 bits per heavy atom. The number of hydrogen-bond acceptors (Lipinski definition) is 5. The van der Waals surface area contributed by atoms with Gasteiger partial charge in [-0.2, -0.15) is 0 Å². The molecule has 0 aromatic heterocycles. The van der Waals surface area contributed by atoms with E-state index in [9.17, 15) is 9.59 Å². The lowest BCUT2D eigenvalue weighted by molar-refractivity contribution is -0.136. The minimum Gasteiger partial charge on any atom is -0.454 e. The van der Waals surface area contributed by atoms with Gasteiger partial charge >= 0.3 is 0 Å². The third-order valence-corrected chi connectivity index (χ3v) is 4.89. The van der Waals surface area contributed by atoms with Gasteiger partial charge in [-0.15, -0.1) is 0 Å². The molecule has 2 aromatic carbocycles. The molecule has 0 bridgehead atoms. The Balaban J connectivity index is 1.72. The standard InChI is InChI=1S/C22H22N2O4/c1-3-4-11-24-21(25)19(15-7-5-14(2)6-8-15)20(22(24)26)23-16-9-10-17-18(12-16)28-13-27-17/h5-10,12,23H,3-4,11,13H2,1-2H3. The summed E-state index contributed by atoms with van der Waals surface area (Å²) in [4.78, 5) is 27.4. The fourth-order valence-corrected chi connectivity index (χ4v) is 3.32. The van der Waals surface area contributed by atoms with E-state index in [-0.39, 0.29) is 18.6 Å². The van der Waals surface area contributed by atoms with Crippen molar-refractivity contribution in [1.29, 1.82) is 0 Å². The molecule has 28 heavy (non-hydrogen) atoms. The fraction of sp³-hybridized carbons (Fsp3) is 0.273. The number of aryl methyl sites for hydroxylation is 1. The van der Waals surface area contributed by atoms with E-state index in [2.05, 4.69) is 5.32 Å². The van der Waals surface area contributed by atoms with Crippen LogP contribution < -0.4 is 14.8 Å². The molecular weight excluding hydrogens is 356 g/mol. The summed E-state index contributed by atoms with van der Waals surface area (Å²) in [6.07, 6.45) is 1.68. The number of carbonyl (C=O) groups is 2. The first-order chi connectivity index (χ1) is 13.6. The molecule has 0 radical (unpaired) electrons. The number of fused-ring (bicyclic) bond motifs is 1. The van der Waals surface area contributed by atoms with Crippen molar-refractivity contribution in [2.45, 2.75) is 26.7 Å². The number of hydrogen-bond donors (Lipinski definition) is 1. The van der Waals surface area contributed by atoms with Crippen LogP contribution in [0.5, 0.6) is 11.5 Å². The summed E-state index contributed by atoms with van der Waals surface area (Å²) in [5, 5.41) is 3.15. The van der Waals surface area contributed by atoms with Gasteiger partial charge in [0.05, 0.1) is 5.57 Å². The van der Waals surface area contributed by atoms with Gasteiger partial charge in [0.2, 0.25) is 6.79 Å². The maximum absolute atomic E-state index is 13.1. The van der Waals surface area contributed by atoms with Crippen LogP contribution in [0.25, 0.3) is 5.57 Å². The van der Waals surface area contributed by atoms with Crippen LogP contribution in [-0.2, 0) is 9.59 Å². The normalized spacial score (nSPS) is 15.6.